The van der Waals surface area contributed by atoms with Crippen LogP contribution in [0.5, 0.6) is 0 Å². The highest BCUT2D eigenvalue weighted by Gasteiger charge is 2.37. The zero-order valence-corrected chi connectivity index (χ0v) is 12.8. The number of aliphatic hydroxyl groups is 1. The van der Waals surface area contributed by atoms with Crippen molar-refractivity contribution >= 4 is 38.8 Å². The first kappa shape index (κ1) is 14.8. The smallest absolute Gasteiger partial charge is 0.261 e. The maximum absolute atomic E-state index is 12.0. The number of rotatable bonds is 4. The van der Waals surface area contributed by atoms with Crippen molar-refractivity contribution in [2.45, 2.75) is 23.3 Å². The van der Waals surface area contributed by atoms with Crippen molar-refractivity contribution in [2.24, 2.45) is 0 Å². The van der Waals surface area contributed by atoms with E-state index in [4.69, 9.17) is 0 Å². The van der Waals surface area contributed by atoms with Crippen LogP contribution in [0.1, 0.15) is 16.6 Å². The predicted molar refractivity (Wildman–Crippen MR) is 76.6 cm³/mol. The van der Waals surface area contributed by atoms with Crippen molar-refractivity contribution in [3.8, 4) is 0 Å². The van der Waals surface area contributed by atoms with Gasteiger partial charge >= 0.3 is 0 Å². The predicted octanol–water partition coefficient (Wildman–Crippen LogP) is 0.748. The Balaban J connectivity index is 2.01. The van der Waals surface area contributed by atoms with Crippen LogP contribution in [0.15, 0.2) is 16.3 Å². The van der Waals surface area contributed by atoms with E-state index in [1.54, 1.807) is 17.8 Å². The number of nitrogens with one attached hydrogen (secondary N) is 1. The Bertz CT molecular complexity index is 566. The van der Waals surface area contributed by atoms with Crippen LogP contribution in [-0.4, -0.2) is 48.8 Å². The lowest BCUT2D eigenvalue weighted by Gasteiger charge is -2.13. The van der Waals surface area contributed by atoms with Crippen LogP contribution < -0.4 is 5.32 Å². The van der Waals surface area contributed by atoms with E-state index in [-0.39, 0.29) is 17.4 Å². The highest BCUT2D eigenvalue weighted by Crippen LogP contribution is 2.27. The second-order valence-electron chi connectivity index (χ2n) is 4.28. The molecule has 1 saturated heterocycles. The molecule has 106 valence electrons. The average molecular weight is 321 g/mol. The van der Waals surface area contributed by atoms with Crippen LogP contribution in [-0.2, 0) is 9.84 Å². The van der Waals surface area contributed by atoms with E-state index >= 15 is 0 Å². The first-order chi connectivity index (χ1) is 8.91. The van der Waals surface area contributed by atoms with Crippen LogP contribution in [0.2, 0.25) is 0 Å². The minimum Gasteiger partial charge on any atom is -0.390 e. The molecule has 0 aliphatic carbocycles. The van der Waals surface area contributed by atoms with Crippen molar-refractivity contribution < 1.29 is 18.3 Å². The minimum atomic E-state index is -3.24. The Morgan fingerprint density at radius 2 is 2.26 bits per heavy atom. The van der Waals surface area contributed by atoms with Crippen molar-refractivity contribution in [3.63, 3.8) is 0 Å². The Kier molecular flexibility index (Phi) is 4.54. The molecule has 2 atom stereocenters. The summed E-state index contributed by atoms with van der Waals surface area (Å²) in [5.74, 6) is 0.136. The number of thioether (sulfide) groups is 1. The molecule has 1 amide bonds. The van der Waals surface area contributed by atoms with E-state index in [2.05, 4.69) is 5.32 Å². The monoisotopic (exact) mass is 321 g/mol. The van der Waals surface area contributed by atoms with Gasteiger partial charge in [0.2, 0.25) is 0 Å². The van der Waals surface area contributed by atoms with E-state index in [0.717, 1.165) is 9.96 Å². The molecule has 1 aliphatic rings. The molecule has 0 saturated carbocycles. The largest absolute Gasteiger partial charge is 0.390 e. The highest BCUT2D eigenvalue weighted by molar-refractivity contribution is 8.01. The lowest BCUT2D eigenvalue weighted by molar-refractivity contribution is 0.0893. The number of aliphatic hydroxyl groups excluding tert-OH is 1. The maximum Gasteiger partial charge on any atom is 0.261 e. The summed E-state index contributed by atoms with van der Waals surface area (Å²) in [5.41, 5.74) is 0. The van der Waals surface area contributed by atoms with Crippen LogP contribution in [0.4, 0.5) is 0 Å². The molecule has 1 fully saturated rings. The standard InChI is InChI=1S/C11H15NO4S3/c1-2-17-10-4-3-9(18-10)11(14)12-7-5-19(15,16)6-8(7)13/h3-4,7-8,13H,2,5-6H2,1H3,(H,12,14)/t7-,8-/m1/s1. The Morgan fingerprint density at radius 3 is 2.84 bits per heavy atom. The summed E-state index contributed by atoms with van der Waals surface area (Å²) in [5, 5.41) is 12.2. The van der Waals surface area contributed by atoms with Crippen LogP contribution in [0.25, 0.3) is 0 Å². The van der Waals surface area contributed by atoms with Crippen molar-refractivity contribution in [1.82, 2.24) is 5.32 Å². The van der Waals surface area contributed by atoms with Gasteiger partial charge in [0.15, 0.2) is 9.84 Å². The Hall–Kier alpha value is -0.570. The number of carbonyl (C=O) groups excluding carboxylic acids is 1. The molecule has 0 aromatic carbocycles. The number of thiophene rings is 1. The van der Waals surface area contributed by atoms with Crippen molar-refractivity contribution in [2.75, 3.05) is 17.3 Å². The Morgan fingerprint density at radius 1 is 1.53 bits per heavy atom. The molecule has 8 heteroatoms. The topological polar surface area (TPSA) is 83.5 Å². The number of hydrogen-bond acceptors (Lipinski definition) is 6. The number of carbonyl (C=O) groups is 1. The Labute approximate surface area is 120 Å². The van der Waals surface area contributed by atoms with E-state index in [9.17, 15) is 18.3 Å². The molecular weight excluding hydrogens is 306 g/mol. The number of amides is 1. The summed E-state index contributed by atoms with van der Waals surface area (Å²) in [6, 6.07) is 2.88. The third kappa shape index (κ3) is 3.71. The normalized spacial score (nSPS) is 25.4. The molecule has 1 aliphatic heterocycles. The lowest BCUT2D eigenvalue weighted by atomic mass is 10.2. The summed E-state index contributed by atoms with van der Waals surface area (Å²) in [7, 11) is -3.24. The second kappa shape index (κ2) is 5.82. The van der Waals surface area contributed by atoms with Gasteiger partial charge in [-0.1, -0.05) is 6.92 Å². The van der Waals surface area contributed by atoms with Gasteiger partial charge in [0.05, 0.1) is 32.7 Å². The van der Waals surface area contributed by atoms with Gasteiger partial charge in [0.25, 0.3) is 5.91 Å². The van der Waals surface area contributed by atoms with E-state index in [1.807, 2.05) is 13.0 Å². The van der Waals surface area contributed by atoms with Gasteiger partial charge in [-0.2, -0.15) is 0 Å². The quantitative estimate of drug-likeness (QED) is 0.800. The molecule has 0 unspecified atom stereocenters. The van der Waals surface area contributed by atoms with E-state index < -0.39 is 22.0 Å². The number of sulfone groups is 1. The SMILES string of the molecule is CCSc1ccc(C(=O)N[C@@H]2CS(=O)(=O)C[C@H]2O)s1. The molecular formula is C11H15NO4S3. The fourth-order valence-electron chi connectivity index (χ4n) is 1.87. The minimum absolute atomic E-state index is 0.193. The third-order valence-electron chi connectivity index (χ3n) is 2.73. The van der Waals surface area contributed by atoms with Gasteiger partial charge in [-0.25, -0.2) is 8.42 Å². The van der Waals surface area contributed by atoms with E-state index in [1.165, 1.54) is 11.3 Å². The van der Waals surface area contributed by atoms with Crippen LogP contribution in [0, 0.1) is 0 Å². The summed E-state index contributed by atoms with van der Waals surface area (Å²) in [6.07, 6.45) is -1.02. The van der Waals surface area contributed by atoms with Gasteiger partial charge in [-0.3, -0.25) is 4.79 Å². The zero-order chi connectivity index (χ0) is 14.0. The molecule has 1 aromatic heterocycles. The number of hydrogen-bond donors (Lipinski definition) is 2. The molecule has 0 radical (unpaired) electrons. The molecule has 1 aromatic rings. The lowest BCUT2D eigenvalue weighted by Crippen LogP contribution is -2.42. The molecule has 0 bridgehead atoms. The van der Waals surface area contributed by atoms with Gasteiger partial charge in [0, 0.05) is 0 Å². The molecule has 2 rings (SSSR count). The van der Waals surface area contributed by atoms with Gasteiger partial charge in [-0.15, -0.1) is 23.1 Å². The van der Waals surface area contributed by atoms with Gasteiger partial charge in [0.1, 0.15) is 0 Å². The fourth-order valence-corrected chi connectivity index (χ4v) is 5.56. The highest BCUT2D eigenvalue weighted by atomic mass is 32.2. The van der Waals surface area contributed by atoms with Gasteiger partial charge < -0.3 is 10.4 Å². The van der Waals surface area contributed by atoms with Crippen molar-refractivity contribution in [3.05, 3.63) is 17.0 Å². The summed E-state index contributed by atoms with van der Waals surface area (Å²) < 4.78 is 23.7. The summed E-state index contributed by atoms with van der Waals surface area (Å²) >= 11 is 3.02. The average Bonchev–Trinajstić information content (AvgIpc) is 2.85. The second-order valence-corrected chi connectivity index (χ2v) is 9.08. The maximum atomic E-state index is 12.0. The first-order valence-corrected chi connectivity index (χ1v) is 9.45. The molecule has 0 spiro atoms. The van der Waals surface area contributed by atoms with E-state index in [0.29, 0.717) is 4.88 Å². The van der Waals surface area contributed by atoms with Crippen LogP contribution >= 0.6 is 23.1 Å². The van der Waals surface area contributed by atoms with Crippen molar-refractivity contribution in [1.29, 1.82) is 0 Å². The fraction of sp³-hybridized carbons (Fsp3) is 0.545. The summed E-state index contributed by atoms with van der Waals surface area (Å²) in [4.78, 5) is 12.5. The molecule has 2 N–H and O–H groups in total. The molecule has 5 nitrogen and oxygen atoms in total. The first-order valence-electron chi connectivity index (χ1n) is 5.83. The summed E-state index contributed by atoms with van der Waals surface area (Å²) in [6.45, 7) is 2.03. The third-order valence-corrected chi connectivity index (χ3v) is 6.64. The molecule has 2 heterocycles. The van der Waals surface area contributed by atoms with Gasteiger partial charge in [-0.05, 0) is 17.9 Å². The zero-order valence-electron chi connectivity index (χ0n) is 10.3. The molecule has 19 heavy (non-hydrogen) atoms. The van der Waals surface area contributed by atoms with Crippen LogP contribution in [0.3, 0.4) is 0 Å².